The zero-order valence-corrected chi connectivity index (χ0v) is 40.8. The van der Waals surface area contributed by atoms with Gasteiger partial charge in [-0.3, -0.25) is 9.59 Å². The summed E-state index contributed by atoms with van der Waals surface area (Å²) in [6.45, 7) is 4.90. The van der Waals surface area contributed by atoms with Crippen molar-refractivity contribution in [2.75, 3.05) is 47.5 Å². The normalized spacial score (nSPS) is 12.9. The second-order valence-corrected chi connectivity index (χ2v) is 18.8. The molecule has 1 N–H and O–H groups in total. The number of hydrogen-bond donors (Lipinski definition) is 1. The Morgan fingerprint density at radius 1 is 0.475 bits per heavy atom. The van der Waals surface area contributed by atoms with Crippen LogP contribution in [0.3, 0.4) is 0 Å². The fourth-order valence-electron chi connectivity index (χ4n) is 7.48. The Hall–Kier alpha value is -1.97. The van der Waals surface area contributed by atoms with Crippen molar-refractivity contribution < 1.29 is 42.9 Å². The minimum absolute atomic E-state index is 0.179. The molecular formula is C52H100NO8+. The zero-order valence-electron chi connectivity index (χ0n) is 40.8. The predicted octanol–water partition coefficient (Wildman–Crippen LogP) is 14.2. The second kappa shape index (κ2) is 44.6. The lowest BCUT2D eigenvalue weighted by atomic mass is 10.0. The second-order valence-electron chi connectivity index (χ2n) is 18.8. The van der Waals surface area contributed by atoms with Crippen LogP contribution in [0.5, 0.6) is 0 Å². The topological polar surface area (TPSA) is 108 Å². The molecule has 0 saturated carbocycles. The van der Waals surface area contributed by atoms with E-state index in [1.54, 1.807) is 0 Å². The SMILES string of the molecule is CCCCCCCCC/C=C\CCCCCCCC(=O)OC(COC(=O)CCCCCCCCCCCCCCCCCCCCCC)COC(OCC[N+](C)(C)C)C(=O)O. The minimum atomic E-state index is -1.51. The highest BCUT2D eigenvalue weighted by Gasteiger charge is 2.25. The summed E-state index contributed by atoms with van der Waals surface area (Å²) in [7, 11) is 5.97. The summed E-state index contributed by atoms with van der Waals surface area (Å²) in [4.78, 5) is 37.2. The Kier molecular flexibility index (Phi) is 43.2. The van der Waals surface area contributed by atoms with Crippen LogP contribution < -0.4 is 0 Å². The molecule has 0 bridgehead atoms. The number of carbonyl (C=O) groups excluding carboxylic acids is 2. The smallest absolute Gasteiger partial charge is 0.361 e. The summed E-state index contributed by atoms with van der Waals surface area (Å²) >= 11 is 0. The highest BCUT2D eigenvalue weighted by atomic mass is 16.7. The molecule has 0 aromatic carbocycles. The van der Waals surface area contributed by atoms with Gasteiger partial charge in [0.05, 0.1) is 34.4 Å². The molecule has 0 radical (unpaired) electrons. The van der Waals surface area contributed by atoms with Crippen molar-refractivity contribution in [2.24, 2.45) is 0 Å². The van der Waals surface area contributed by atoms with Crippen LogP contribution in [0.1, 0.15) is 245 Å². The number of rotatable bonds is 48. The number of nitrogens with zero attached hydrogens (tertiary/aromatic N) is 1. The molecule has 61 heavy (non-hydrogen) atoms. The Labute approximate surface area is 376 Å². The molecule has 0 spiro atoms. The van der Waals surface area contributed by atoms with Crippen LogP contribution in [0.2, 0.25) is 0 Å². The maximum absolute atomic E-state index is 12.8. The molecule has 0 rings (SSSR count). The van der Waals surface area contributed by atoms with E-state index in [0.29, 0.717) is 23.9 Å². The highest BCUT2D eigenvalue weighted by molar-refractivity contribution is 5.71. The average Bonchev–Trinajstić information content (AvgIpc) is 3.22. The number of aliphatic carboxylic acids is 1. The van der Waals surface area contributed by atoms with Crippen LogP contribution in [-0.4, -0.2) is 87.4 Å². The molecular weight excluding hydrogens is 767 g/mol. The van der Waals surface area contributed by atoms with Gasteiger partial charge in [-0.15, -0.1) is 0 Å². The van der Waals surface area contributed by atoms with Gasteiger partial charge in [-0.1, -0.05) is 206 Å². The van der Waals surface area contributed by atoms with E-state index in [9.17, 15) is 19.5 Å². The number of carboxylic acid groups (broad SMARTS) is 1. The van der Waals surface area contributed by atoms with Gasteiger partial charge in [-0.25, -0.2) is 4.79 Å². The summed E-state index contributed by atoms with van der Waals surface area (Å²) in [5, 5.41) is 9.66. The van der Waals surface area contributed by atoms with Gasteiger partial charge in [0.1, 0.15) is 13.2 Å². The van der Waals surface area contributed by atoms with E-state index in [4.69, 9.17) is 18.9 Å². The molecule has 0 saturated heterocycles. The van der Waals surface area contributed by atoms with Crippen molar-refractivity contribution >= 4 is 17.9 Å². The molecule has 0 aliphatic rings. The van der Waals surface area contributed by atoms with Crippen molar-refractivity contribution in [3.63, 3.8) is 0 Å². The molecule has 0 aromatic heterocycles. The summed E-state index contributed by atoms with van der Waals surface area (Å²) < 4.78 is 22.8. The third-order valence-corrected chi connectivity index (χ3v) is 11.5. The molecule has 2 atom stereocenters. The summed E-state index contributed by atoms with van der Waals surface area (Å²) in [6.07, 6.45) is 45.6. The van der Waals surface area contributed by atoms with E-state index in [1.807, 2.05) is 21.1 Å². The van der Waals surface area contributed by atoms with Crippen LogP contribution >= 0.6 is 0 Å². The van der Waals surface area contributed by atoms with E-state index in [-0.39, 0.29) is 32.2 Å². The largest absolute Gasteiger partial charge is 0.477 e. The number of allylic oxidation sites excluding steroid dienone is 2. The summed E-state index contributed by atoms with van der Waals surface area (Å²) in [5.41, 5.74) is 0. The monoisotopic (exact) mass is 867 g/mol. The molecule has 0 amide bonds. The Morgan fingerprint density at radius 3 is 1.21 bits per heavy atom. The zero-order chi connectivity index (χ0) is 44.9. The van der Waals surface area contributed by atoms with Gasteiger partial charge in [-0.2, -0.15) is 0 Å². The number of hydrogen-bond acceptors (Lipinski definition) is 7. The van der Waals surface area contributed by atoms with E-state index >= 15 is 0 Å². The van der Waals surface area contributed by atoms with Crippen molar-refractivity contribution in [3.8, 4) is 0 Å². The predicted molar refractivity (Wildman–Crippen MR) is 254 cm³/mol. The number of carboxylic acids is 1. The van der Waals surface area contributed by atoms with Crippen molar-refractivity contribution in [1.29, 1.82) is 0 Å². The number of ether oxygens (including phenoxy) is 4. The first-order chi connectivity index (χ1) is 29.6. The molecule has 9 heteroatoms. The minimum Gasteiger partial charge on any atom is -0.477 e. The molecule has 0 fully saturated rings. The van der Waals surface area contributed by atoms with Crippen molar-refractivity contribution in [2.45, 2.75) is 257 Å². The molecule has 9 nitrogen and oxygen atoms in total. The fraction of sp³-hybridized carbons (Fsp3) is 0.904. The molecule has 2 unspecified atom stereocenters. The van der Waals surface area contributed by atoms with Crippen molar-refractivity contribution in [1.82, 2.24) is 0 Å². The number of quaternary nitrogens is 1. The number of esters is 2. The van der Waals surface area contributed by atoms with Gasteiger partial charge in [0, 0.05) is 12.8 Å². The molecule has 0 aromatic rings. The lowest BCUT2D eigenvalue weighted by Gasteiger charge is -2.25. The first-order valence-electron chi connectivity index (χ1n) is 25.9. The first kappa shape index (κ1) is 59.0. The van der Waals surface area contributed by atoms with Gasteiger partial charge in [0.2, 0.25) is 0 Å². The van der Waals surface area contributed by atoms with Crippen LogP contribution in [0, 0.1) is 0 Å². The van der Waals surface area contributed by atoms with Crippen LogP contribution in [0.25, 0.3) is 0 Å². The Morgan fingerprint density at radius 2 is 0.836 bits per heavy atom. The van der Waals surface area contributed by atoms with Gasteiger partial charge < -0.3 is 28.5 Å². The molecule has 0 heterocycles. The average molecular weight is 867 g/mol. The lowest BCUT2D eigenvalue weighted by molar-refractivity contribution is -0.870. The van der Waals surface area contributed by atoms with Gasteiger partial charge in [0.15, 0.2) is 6.10 Å². The highest BCUT2D eigenvalue weighted by Crippen LogP contribution is 2.16. The summed E-state index contributed by atoms with van der Waals surface area (Å²) in [6, 6.07) is 0. The van der Waals surface area contributed by atoms with E-state index in [0.717, 1.165) is 51.4 Å². The van der Waals surface area contributed by atoms with E-state index in [1.165, 1.54) is 161 Å². The first-order valence-corrected chi connectivity index (χ1v) is 25.9. The van der Waals surface area contributed by atoms with Crippen LogP contribution in [-0.2, 0) is 33.3 Å². The Bertz CT molecular complexity index is 1010. The molecule has 0 aliphatic carbocycles. The van der Waals surface area contributed by atoms with Gasteiger partial charge in [-0.05, 0) is 38.5 Å². The summed E-state index contributed by atoms with van der Waals surface area (Å²) in [5.74, 6) is -2.00. The number of unbranched alkanes of at least 4 members (excludes halogenated alkanes) is 31. The van der Waals surface area contributed by atoms with Crippen LogP contribution in [0.4, 0.5) is 0 Å². The molecule has 0 aliphatic heterocycles. The van der Waals surface area contributed by atoms with E-state index < -0.39 is 24.3 Å². The van der Waals surface area contributed by atoms with Gasteiger partial charge in [0.25, 0.3) is 6.29 Å². The number of likely N-dealkylation sites (N-methyl/N-ethyl adjacent to an activating group) is 1. The third kappa shape index (κ3) is 45.9. The maximum Gasteiger partial charge on any atom is 0.361 e. The van der Waals surface area contributed by atoms with Crippen molar-refractivity contribution in [3.05, 3.63) is 12.2 Å². The number of carbonyl (C=O) groups is 3. The fourth-order valence-corrected chi connectivity index (χ4v) is 7.48. The van der Waals surface area contributed by atoms with Crippen LogP contribution in [0.15, 0.2) is 12.2 Å². The van der Waals surface area contributed by atoms with Gasteiger partial charge >= 0.3 is 17.9 Å². The third-order valence-electron chi connectivity index (χ3n) is 11.5. The lowest BCUT2D eigenvalue weighted by Crippen LogP contribution is -2.40. The standard InChI is InChI=1S/C52H99NO8/c1-6-8-10-12-14-16-18-20-22-24-25-26-27-29-30-32-34-36-38-40-42-49(54)59-46-48(47-60-52(51(56)57)58-45-44-53(3,4)5)61-50(55)43-41-39-37-35-33-31-28-23-21-19-17-15-13-11-9-7-2/h23,28,48,52H,6-22,24-27,29-47H2,1-5H3/p+1/b28-23-. The van der Waals surface area contributed by atoms with E-state index in [2.05, 4.69) is 26.0 Å². The Balaban J connectivity index is 4.30. The molecule has 360 valence electrons. The quantitative estimate of drug-likeness (QED) is 0.0212. The maximum atomic E-state index is 12.8.